The monoisotopic (exact) mass is 225 g/mol. The van der Waals surface area contributed by atoms with Gasteiger partial charge in [0.25, 0.3) is 0 Å². The van der Waals surface area contributed by atoms with Gasteiger partial charge in [0.05, 0.1) is 0 Å². The molecule has 0 radical (unpaired) electrons. The van der Waals surface area contributed by atoms with Crippen LogP contribution in [0, 0.1) is 0 Å². The summed E-state index contributed by atoms with van der Waals surface area (Å²) in [6.45, 7) is 8.36. The Morgan fingerprint density at radius 1 is 0.625 bits per heavy atom. The molecule has 16 heavy (non-hydrogen) atoms. The standard InChI is InChI=1S/C6H6.C4H10.C3H9N.C2H6/c1-2-4-6-5-3-1;1-3-4-2;1-4(2)3;1-2/h1-6H;3-4H2,1-2H3;1-3H3;1-2H3. The Kier molecular flexibility index (Phi) is 30.6. The topological polar surface area (TPSA) is 3.24 Å². The van der Waals surface area contributed by atoms with Crippen molar-refractivity contribution in [3.63, 3.8) is 0 Å². The molecule has 0 fully saturated rings. The molecular formula is C15H31N. The van der Waals surface area contributed by atoms with E-state index in [-0.39, 0.29) is 0 Å². The highest BCUT2D eigenvalue weighted by molar-refractivity contribution is 4.99. The third kappa shape index (κ3) is 51.2. The van der Waals surface area contributed by atoms with Crippen molar-refractivity contribution in [2.24, 2.45) is 0 Å². The van der Waals surface area contributed by atoms with Crippen LogP contribution in [0.2, 0.25) is 0 Å². The van der Waals surface area contributed by atoms with Gasteiger partial charge in [-0.3, -0.25) is 0 Å². The third-order valence-electron chi connectivity index (χ3n) is 1.17. The van der Waals surface area contributed by atoms with Gasteiger partial charge in [0.15, 0.2) is 0 Å². The molecule has 1 aromatic rings. The lowest BCUT2D eigenvalue weighted by Crippen LogP contribution is -1.99. The van der Waals surface area contributed by atoms with Crippen molar-refractivity contribution in [2.75, 3.05) is 21.1 Å². The smallest absolute Gasteiger partial charge is 0.0140 e. The molecule has 0 bridgehead atoms. The molecule has 0 unspecified atom stereocenters. The van der Waals surface area contributed by atoms with Crippen LogP contribution in [-0.2, 0) is 0 Å². The molecule has 0 aliphatic carbocycles. The molecule has 0 spiro atoms. The lowest BCUT2D eigenvalue weighted by molar-refractivity contribution is 0.505. The fourth-order valence-corrected chi connectivity index (χ4v) is 0.385. The number of hydrogen-bond acceptors (Lipinski definition) is 1. The number of unbranched alkanes of at least 4 members (excludes halogenated alkanes) is 1. The first kappa shape index (κ1) is 20.6. The summed E-state index contributed by atoms with van der Waals surface area (Å²) < 4.78 is 0. The average Bonchev–Trinajstić information content (AvgIpc) is 2.33. The molecule has 0 atom stereocenters. The van der Waals surface area contributed by atoms with Crippen LogP contribution in [0.3, 0.4) is 0 Å². The summed E-state index contributed by atoms with van der Waals surface area (Å²) in [6, 6.07) is 12.0. The normalized spacial score (nSPS) is 7.50. The van der Waals surface area contributed by atoms with Crippen LogP contribution in [0.15, 0.2) is 36.4 Å². The average molecular weight is 225 g/mol. The quantitative estimate of drug-likeness (QED) is 0.670. The van der Waals surface area contributed by atoms with Crippen molar-refractivity contribution in [3.05, 3.63) is 36.4 Å². The van der Waals surface area contributed by atoms with Crippen molar-refractivity contribution < 1.29 is 0 Å². The van der Waals surface area contributed by atoms with Gasteiger partial charge in [-0.15, -0.1) is 0 Å². The van der Waals surface area contributed by atoms with Gasteiger partial charge >= 0.3 is 0 Å². The van der Waals surface area contributed by atoms with E-state index in [1.165, 1.54) is 12.8 Å². The summed E-state index contributed by atoms with van der Waals surface area (Å²) in [4.78, 5) is 2.00. The number of rotatable bonds is 1. The Balaban J connectivity index is -0.000000152. The first-order chi connectivity index (χ1) is 7.65. The van der Waals surface area contributed by atoms with Crippen LogP contribution < -0.4 is 0 Å². The van der Waals surface area contributed by atoms with E-state index in [0.29, 0.717) is 0 Å². The zero-order valence-electron chi connectivity index (χ0n) is 12.3. The maximum Gasteiger partial charge on any atom is -0.0140 e. The molecule has 0 saturated heterocycles. The highest BCUT2D eigenvalue weighted by Gasteiger charge is 1.58. The van der Waals surface area contributed by atoms with E-state index >= 15 is 0 Å². The van der Waals surface area contributed by atoms with Crippen LogP contribution in [0.25, 0.3) is 0 Å². The fourth-order valence-electron chi connectivity index (χ4n) is 0.385. The molecular weight excluding hydrogens is 194 g/mol. The van der Waals surface area contributed by atoms with E-state index in [9.17, 15) is 0 Å². The largest absolute Gasteiger partial charge is 0.312 e. The lowest BCUT2D eigenvalue weighted by atomic mass is 10.4. The predicted octanol–water partition coefficient (Wildman–Crippen LogP) is 4.70. The molecule has 0 heterocycles. The Morgan fingerprint density at radius 2 is 0.750 bits per heavy atom. The molecule has 1 heteroatoms. The number of nitrogens with zero attached hydrogens (tertiary/aromatic N) is 1. The molecule has 0 saturated carbocycles. The summed E-state index contributed by atoms with van der Waals surface area (Å²) >= 11 is 0. The van der Waals surface area contributed by atoms with Gasteiger partial charge in [0, 0.05) is 0 Å². The lowest BCUT2D eigenvalue weighted by Gasteiger charge is -1.90. The van der Waals surface area contributed by atoms with Crippen molar-refractivity contribution in [3.8, 4) is 0 Å². The van der Waals surface area contributed by atoms with Crippen LogP contribution in [0.1, 0.15) is 40.5 Å². The second kappa shape index (κ2) is 23.8. The number of hydrogen-bond donors (Lipinski definition) is 0. The second-order valence-electron chi connectivity index (χ2n) is 3.50. The summed E-state index contributed by atoms with van der Waals surface area (Å²) in [5, 5.41) is 0. The second-order valence-corrected chi connectivity index (χ2v) is 3.50. The van der Waals surface area contributed by atoms with Crippen LogP contribution in [0.5, 0.6) is 0 Å². The Bertz CT molecular complexity index is 127. The highest BCUT2D eigenvalue weighted by atomic mass is 15.0. The third-order valence-corrected chi connectivity index (χ3v) is 1.17. The summed E-state index contributed by atoms with van der Waals surface area (Å²) in [6.07, 6.45) is 2.64. The molecule has 96 valence electrons. The van der Waals surface area contributed by atoms with E-state index in [4.69, 9.17) is 0 Å². The van der Waals surface area contributed by atoms with Crippen LogP contribution in [0.4, 0.5) is 0 Å². The highest BCUT2D eigenvalue weighted by Crippen LogP contribution is 1.79. The molecule has 0 aliphatic rings. The molecule has 1 aromatic carbocycles. The Hall–Kier alpha value is -0.820. The van der Waals surface area contributed by atoms with Gasteiger partial charge in [-0.25, -0.2) is 0 Å². The summed E-state index contributed by atoms with van der Waals surface area (Å²) in [5.74, 6) is 0. The predicted molar refractivity (Wildman–Crippen MR) is 78.0 cm³/mol. The minimum Gasteiger partial charge on any atom is -0.312 e. The van der Waals surface area contributed by atoms with Gasteiger partial charge in [-0.05, 0) is 21.1 Å². The first-order valence-electron chi connectivity index (χ1n) is 6.26. The minimum atomic E-state index is 1.32. The molecule has 0 aliphatic heterocycles. The molecule has 0 amide bonds. The maximum absolute atomic E-state index is 2.18. The minimum absolute atomic E-state index is 1.32. The van der Waals surface area contributed by atoms with E-state index in [0.717, 1.165) is 0 Å². The summed E-state index contributed by atoms with van der Waals surface area (Å²) in [7, 11) is 6.00. The first-order valence-corrected chi connectivity index (χ1v) is 6.26. The van der Waals surface area contributed by atoms with E-state index < -0.39 is 0 Å². The Morgan fingerprint density at radius 3 is 0.812 bits per heavy atom. The van der Waals surface area contributed by atoms with Crippen molar-refractivity contribution in [1.82, 2.24) is 4.90 Å². The van der Waals surface area contributed by atoms with Gasteiger partial charge in [-0.2, -0.15) is 0 Å². The Labute approximate surface area is 103 Å². The van der Waals surface area contributed by atoms with Gasteiger partial charge in [0.1, 0.15) is 0 Å². The molecule has 0 N–H and O–H groups in total. The maximum atomic E-state index is 2.18. The molecule has 1 nitrogen and oxygen atoms in total. The van der Waals surface area contributed by atoms with Crippen LogP contribution in [-0.4, -0.2) is 26.0 Å². The van der Waals surface area contributed by atoms with Crippen molar-refractivity contribution in [2.45, 2.75) is 40.5 Å². The summed E-state index contributed by atoms with van der Waals surface area (Å²) in [5.41, 5.74) is 0. The van der Waals surface area contributed by atoms with Gasteiger partial charge in [-0.1, -0.05) is 76.9 Å². The number of benzene rings is 1. The van der Waals surface area contributed by atoms with Gasteiger partial charge < -0.3 is 4.90 Å². The zero-order valence-corrected chi connectivity index (χ0v) is 12.3. The van der Waals surface area contributed by atoms with Crippen LogP contribution >= 0.6 is 0 Å². The van der Waals surface area contributed by atoms with E-state index in [1.807, 2.05) is 76.3 Å². The van der Waals surface area contributed by atoms with E-state index in [2.05, 4.69) is 13.8 Å². The molecule has 1 rings (SSSR count). The van der Waals surface area contributed by atoms with Crippen molar-refractivity contribution in [1.29, 1.82) is 0 Å². The van der Waals surface area contributed by atoms with Crippen molar-refractivity contribution >= 4 is 0 Å². The van der Waals surface area contributed by atoms with Gasteiger partial charge in [0.2, 0.25) is 0 Å². The zero-order chi connectivity index (χ0) is 13.2. The molecule has 0 aromatic heterocycles. The fraction of sp³-hybridized carbons (Fsp3) is 0.600. The SMILES string of the molecule is CC.CCCC.CN(C)C.c1ccccc1. The van der Waals surface area contributed by atoms with E-state index in [1.54, 1.807) is 0 Å².